The Balaban J connectivity index is 0.00000113. The van der Waals surface area contributed by atoms with Gasteiger partial charge in [0.1, 0.15) is 0 Å². The van der Waals surface area contributed by atoms with Crippen molar-refractivity contribution in [3.63, 3.8) is 0 Å². The van der Waals surface area contributed by atoms with Crippen molar-refractivity contribution in [1.29, 1.82) is 0 Å². The molecule has 0 amide bonds. The molecular formula is C17H20Cl2N4OS. The Morgan fingerprint density at radius 2 is 2.20 bits per heavy atom. The molecule has 25 heavy (non-hydrogen) atoms. The SMILES string of the molecule is Cl.Cl.c1cncc(C2CNCCN2Cc2csc(-c3ccco3)n2)c1. The van der Waals surface area contributed by atoms with Crippen LogP contribution in [0.5, 0.6) is 0 Å². The molecule has 1 fully saturated rings. The van der Waals surface area contributed by atoms with Crippen molar-refractivity contribution in [2.24, 2.45) is 0 Å². The first kappa shape index (κ1) is 19.9. The van der Waals surface area contributed by atoms with E-state index in [1.165, 1.54) is 5.56 Å². The molecule has 0 radical (unpaired) electrons. The summed E-state index contributed by atoms with van der Waals surface area (Å²) in [5, 5.41) is 6.54. The molecular weight excluding hydrogens is 379 g/mol. The second kappa shape index (κ2) is 9.31. The molecule has 0 saturated carbocycles. The average Bonchev–Trinajstić information content (AvgIpc) is 3.27. The van der Waals surface area contributed by atoms with E-state index in [9.17, 15) is 0 Å². The average molecular weight is 399 g/mol. The van der Waals surface area contributed by atoms with Crippen LogP contribution in [0.25, 0.3) is 10.8 Å². The van der Waals surface area contributed by atoms with E-state index in [0.29, 0.717) is 6.04 Å². The first-order valence-corrected chi connectivity index (χ1v) is 8.61. The van der Waals surface area contributed by atoms with Gasteiger partial charge in [-0.3, -0.25) is 9.88 Å². The van der Waals surface area contributed by atoms with Gasteiger partial charge in [-0.05, 0) is 23.8 Å². The molecule has 8 heteroatoms. The van der Waals surface area contributed by atoms with Crippen LogP contribution >= 0.6 is 36.2 Å². The Bertz CT molecular complexity index is 751. The van der Waals surface area contributed by atoms with Crippen molar-refractivity contribution in [3.8, 4) is 10.8 Å². The van der Waals surface area contributed by atoms with Gasteiger partial charge in [-0.1, -0.05) is 6.07 Å². The van der Waals surface area contributed by atoms with Crippen LogP contribution in [0.1, 0.15) is 17.3 Å². The highest BCUT2D eigenvalue weighted by Crippen LogP contribution is 2.27. The maximum Gasteiger partial charge on any atom is 0.162 e. The highest BCUT2D eigenvalue weighted by molar-refractivity contribution is 7.13. The van der Waals surface area contributed by atoms with Crippen LogP contribution in [0.3, 0.4) is 0 Å². The highest BCUT2D eigenvalue weighted by atomic mass is 35.5. The van der Waals surface area contributed by atoms with Crippen molar-refractivity contribution in [3.05, 3.63) is 59.6 Å². The molecule has 1 unspecified atom stereocenters. The van der Waals surface area contributed by atoms with Crippen LogP contribution < -0.4 is 5.32 Å². The van der Waals surface area contributed by atoms with Crippen LogP contribution in [-0.2, 0) is 6.54 Å². The number of piperazine rings is 1. The summed E-state index contributed by atoms with van der Waals surface area (Å²) >= 11 is 1.63. The zero-order valence-corrected chi connectivity index (χ0v) is 15.9. The number of nitrogens with zero attached hydrogens (tertiary/aromatic N) is 3. The number of aromatic nitrogens is 2. The first-order chi connectivity index (χ1) is 11.4. The smallest absolute Gasteiger partial charge is 0.162 e. The Kier molecular flexibility index (Phi) is 7.40. The lowest BCUT2D eigenvalue weighted by atomic mass is 10.1. The lowest BCUT2D eigenvalue weighted by molar-refractivity contribution is 0.152. The van der Waals surface area contributed by atoms with Crippen LogP contribution in [-0.4, -0.2) is 34.5 Å². The van der Waals surface area contributed by atoms with E-state index in [-0.39, 0.29) is 24.8 Å². The topological polar surface area (TPSA) is 54.2 Å². The van der Waals surface area contributed by atoms with Crippen LogP contribution in [0.2, 0.25) is 0 Å². The van der Waals surface area contributed by atoms with Gasteiger partial charge in [-0.2, -0.15) is 0 Å². The number of rotatable bonds is 4. The summed E-state index contributed by atoms with van der Waals surface area (Å²) in [6, 6.07) is 8.33. The Morgan fingerprint density at radius 1 is 1.28 bits per heavy atom. The predicted octanol–water partition coefficient (Wildman–Crippen LogP) is 3.79. The summed E-state index contributed by atoms with van der Waals surface area (Å²) in [7, 11) is 0. The molecule has 4 heterocycles. The third-order valence-electron chi connectivity index (χ3n) is 4.07. The molecule has 1 atom stereocenters. The highest BCUT2D eigenvalue weighted by Gasteiger charge is 2.24. The first-order valence-electron chi connectivity index (χ1n) is 7.73. The van der Waals surface area contributed by atoms with Crippen LogP contribution in [0, 0.1) is 0 Å². The van der Waals surface area contributed by atoms with Crippen molar-refractivity contribution < 1.29 is 4.42 Å². The zero-order chi connectivity index (χ0) is 15.5. The molecule has 3 aromatic heterocycles. The molecule has 0 aliphatic carbocycles. The summed E-state index contributed by atoms with van der Waals surface area (Å²) < 4.78 is 5.43. The van der Waals surface area contributed by atoms with Gasteiger partial charge in [0.2, 0.25) is 0 Å². The molecule has 3 aromatic rings. The molecule has 1 N–H and O–H groups in total. The number of thiazole rings is 1. The summed E-state index contributed by atoms with van der Waals surface area (Å²) in [6.07, 6.45) is 5.46. The Hall–Kier alpha value is -1.44. The number of hydrogen-bond acceptors (Lipinski definition) is 6. The minimum atomic E-state index is 0. The van der Waals surface area contributed by atoms with Gasteiger partial charge in [0.05, 0.1) is 12.0 Å². The van der Waals surface area contributed by atoms with Crippen molar-refractivity contribution in [2.45, 2.75) is 12.6 Å². The molecule has 134 valence electrons. The molecule has 5 nitrogen and oxygen atoms in total. The summed E-state index contributed by atoms with van der Waals surface area (Å²) in [5.74, 6) is 0.838. The largest absolute Gasteiger partial charge is 0.462 e. The number of halogens is 2. The van der Waals surface area contributed by atoms with Gasteiger partial charge in [0, 0.05) is 50.0 Å². The van der Waals surface area contributed by atoms with Crippen molar-refractivity contribution >= 4 is 36.2 Å². The van der Waals surface area contributed by atoms with Gasteiger partial charge < -0.3 is 9.73 Å². The molecule has 1 saturated heterocycles. The third-order valence-corrected chi connectivity index (χ3v) is 4.98. The van der Waals surface area contributed by atoms with E-state index in [4.69, 9.17) is 9.40 Å². The summed E-state index contributed by atoms with van der Waals surface area (Å²) in [6.45, 7) is 3.80. The number of nitrogens with one attached hydrogen (secondary N) is 1. The number of pyridine rings is 1. The van der Waals surface area contributed by atoms with Gasteiger partial charge in [0.25, 0.3) is 0 Å². The maximum atomic E-state index is 5.43. The van der Waals surface area contributed by atoms with Crippen LogP contribution in [0.4, 0.5) is 0 Å². The Labute approximate surface area is 163 Å². The van der Waals surface area contributed by atoms with Gasteiger partial charge >= 0.3 is 0 Å². The molecule has 0 spiro atoms. The molecule has 1 aliphatic heterocycles. The fraction of sp³-hybridized carbons (Fsp3) is 0.294. The second-order valence-corrected chi connectivity index (χ2v) is 6.46. The van der Waals surface area contributed by atoms with Gasteiger partial charge in [-0.15, -0.1) is 36.2 Å². The molecule has 0 aromatic carbocycles. The van der Waals surface area contributed by atoms with Gasteiger partial charge in [-0.25, -0.2) is 4.98 Å². The fourth-order valence-corrected chi connectivity index (χ4v) is 3.72. The fourth-order valence-electron chi connectivity index (χ4n) is 2.94. The predicted molar refractivity (Wildman–Crippen MR) is 105 cm³/mol. The number of furan rings is 1. The van der Waals surface area contributed by atoms with Crippen molar-refractivity contribution in [2.75, 3.05) is 19.6 Å². The quantitative estimate of drug-likeness (QED) is 0.724. The second-order valence-electron chi connectivity index (χ2n) is 5.60. The number of hydrogen-bond donors (Lipinski definition) is 1. The summed E-state index contributed by atoms with van der Waals surface area (Å²) in [4.78, 5) is 11.4. The van der Waals surface area contributed by atoms with E-state index < -0.39 is 0 Å². The Morgan fingerprint density at radius 3 is 2.96 bits per heavy atom. The molecule has 1 aliphatic rings. The van der Waals surface area contributed by atoms with Crippen LogP contribution in [0.15, 0.2) is 52.7 Å². The zero-order valence-electron chi connectivity index (χ0n) is 13.5. The monoisotopic (exact) mass is 398 g/mol. The van der Waals surface area contributed by atoms with E-state index in [0.717, 1.165) is 42.6 Å². The van der Waals surface area contributed by atoms with Crippen molar-refractivity contribution in [1.82, 2.24) is 20.2 Å². The minimum absolute atomic E-state index is 0. The van der Waals surface area contributed by atoms with E-state index in [2.05, 4.69) is 26.6 Å². The minimum Gasteiger partial charge on any atom is -0.462 e. The lowest BCUT2D eigenvalue weighted by Crippen LogP contribution is -2.45. The van der Waals surface area contributed by atoms with E-state index >= 15 is 0 Å². The molecule has 4 rings (SSSR count). The summed E-state index contributed by atoms with van der Waals surface area (Å²) in [5.41, 5.74) is 2.35. The van der Waals surface area contributed by atoms with E-state index in [1.54, 1.807) is 17.6 Å². The standard InChI is InChI=1S/C17H18N4OS.2ClH/c1-3-13(9-18-5-1)15-10-19-6-7-21(15)11-14-12-23-17(20-14)16-4-2-8-22-16;;/h1-5,8-9,12,15,19H,6-7,10-11H2;2*1H. The maximum absolute atomic E-state index is 5.43. The van der Waals surface area contributed by atoms with E-state index in [1.807, 2.05) is 30.6 Å². The molecule has 0 bridgehead atoms. The lowest BCUT2D eigenvalue weighted by Gasteiger charge is -2.35. The third kappa shape index (κ3) is 4.59. The normalized spacial score (nSPS) is 17.5. The van der Waals surface area contributed by atoms with Gasteiger partial charge in [0.15, 0.2) is 10.8 Å².